The van der Waals surface area contributed by atoms with Gasteiger partial charge in [-0.2, -0.15) is 0 Å². The van der Waals surface area contributed by atoms with Gasteiger partial charge in [-0.1, -0.05) is 78.9 Å². The lowest BCUT2D eigenvalue weighted by molar-refractivity contribution is 0.669. The topological polar surface area (TPSA) is 51.8 Å². The molecule has 0 bridgehead atoms. The first-order valence-corrected chi connectivity index (χ1v) is 10.9. The molecule has 5 heteroatoms. The predicted molar refractivity (Wildman–Crippen MR) is 133 cm³/mol. The second kappa shape index (κ2) is 7.67. The Balaban J connectivity index is 1.63. The number of furan rings is 1. The highest BCUT2D eigenvalue weighted by atomic mass is 31.0. The minimum absolute atomic E-state index is 0.591. The summed E-state index contributed by atoms with van der Waals surface area (Å²) in [5.41, 5.74) is 4.36. The average molecular weight is 431 g/mol. The normalized spacial score (nSPS) is 11.3. The Morgan fingerprint density at radius 3 is 1.84 bits per heavy atom. The first-order valence-electron chi connectivity index (χ1n) is 10.3. The molecule has 0 aliphatic heterocycles. The highest BCUT2D eigenvalue weighted by molar-refractivity contribution is 7.27. The number of rotatable bonds is 3. The SMILES string of the molecule is Pc1ccc2oc3c(-c4nc(-c5ccccc5)nc(-c5ccccc5)n4)cccc3c2c1. The second-order valence-electron chi connectivity index (χ2n) is 7.58. The standard InChI is InChI=1S/C27H18N3OP/c32-19-14-15-23-22(16-19)20-12-7-13-21(24(20)31-23)27-29-25(17-8-3-1-4-9-17)28-26(30-27)18-10-5-2-6-11-18/h1-16H,32H2. The third-order valence-corrected chi connectivity index (χ3v) is 5.82. The van der Waals surface area contributed by atoms with Crippen LogP contribution in [0.3, 0.4) is 0 Å². The molecule has 6 aromatic rings. The number of benzene rings is 4. The number of hydrogen-bond acceptors (Lipinski definition) is 4. The quantitative estimate of drug-likeness (QED) is 0.310. The largest absolute Gasteiger partial charge is 0.455 e. The van der Waals surface area contributed by atoms with Gasteiger partial charge in [0.1, 0.15) is 11.2 Å². The van der Waals surface area contributed by atoms with Gasteiger partial charge in [-0.25, -0.2) is 15.0 Å². The van der Waals surface area contributed by atoms with Crippen molar-refractivity contribution in [2.24, 2.45) is 0 Å². The van der Waals surface area contributed by atoms with Crippen molar-refractivity contribution < 1.29 is 4.42 Å². The van der Waals surface area contributed by atoms with E-state index in [0.717, 1.165) is 43.9 Å². The summed E-state index contributed by atoms with van der Waals surface area (Å²) in [5.74, 6) is 1.86. The molecule has 0 aliphatic carbocycles. The summed E-state index contributed by atoms with van der Waals surface area (Å²) in [4.78, 5) is 14.5. The van der Waals surface area contributed by atoms with Gasteiger partial charge in [0.2, 0.25) is 0 Å². The Morgan fingerprint density at radius 1 is 0.562 bits per heavy atom. The van der Waals surface area contributed by atoms with Gasteiger partial charge < -0.3 is 4.42 Å². The highest BCUT2D eigenvalue weighted by Gasteiger charge is 2.17. The minimum atomic E-state index is 0.591. The fourth-order valence-electron chi connectivity index (χ4n) is 3.92. The van der Waals surface area contributed by atoms with Crippen LogP contribution in [-0.4, -0.2) is 15.0 Å². The first-order chi connectivity index (χ1) is 15.8. The van der Waals surface area contributed by atoms with E-state index in [-0.39, 0.29) is 0 Å². The van der Waals surface area contributed by atoms with Crippen molar-refractivity contribution in [2.75, 3.05) is 0 Å². The maximum atomic E-state index is 6.27. The molecule has 0 saturated carbocycles. The molecule has 0 aliphatic rings. The van der Waals surface area contributed by atoms with Crippen molar-refractivity contribution in [2.45, 2.75) is 0 Å². The molecular weight excluding hydrogens is 413 g/mol. The summed E-state index contributed by atoms with van der Waals surface area (Å²) in [5, 5.41) is 3.24. The van der Waals surface area contributed by atoms with Crippen LogP contribution < -0.4 is 5.30 Å². The zero-order valence-corrected chi connectivity index (χ0v) is 18.2. The fraction of sp³-hybridized carbons (Fsp3) is 0. The van der Waals surface area contributed by atoms with Crippen molar-refractivity contribution in [3.05, 3.63) is 97.1 Å². The van der Waals surface area contributed by atoms with Crippen LogP contribution in [0.25, 0.3) is 56.1 Å². The number of fused-ring (bicyclic) bond motifs is 3. The molecule has 4 nitrogen and oxygen atoms in total. The Kier molecular flexibility index (Phi) is 4.52. The van der Waals surface area contributed by atoms with E-state index in [0.29, 0.717) is 17.5 Å². The maximum absolute atomic E-state index is 6.27. The van der Waals surface area contributed by atoms with E-state index in [1.165, 1.54) is 0 Å². The van der Waals surface area contributed by atoms with E-state index in [1.54, 1.807) is 0 Å². The van der Waals surface area contributed by atoms with E-state index in [2.05, 4.69) is 21.4 Å². The summed E-state index contributed by atoms with van der Waals surface area (Å²) in [6.45, 7) is 0. The van der Waals surface area contributed by atoms with E-state index < -0.39 is 0 Å². The summed E-state index contributed by atoms with van der Waals surface area (Å²) in [6, 6.07) is 32.2. The fourth-order valence-corrected chi connectivity index (χ4v) is 4.18. The second-order valence-corrected chi connectivity index (χ2v) is 8.24. The van der Waals surface area contributed by atoms with Crippen molar-refractivity contribution in [1.29, 1.82) is 0 Å². The van der Waals surface area contributed by atoms with Gasteiger partial charge in [-0.15, -0.1) is 9.24 Å². The van der Waals surface area contributed by atoms with E-state index in [9.17, 15) is 0 Å². The zero-order chi connectivity index (χ0) is 21.5. The van der Waals surface area contributed by atoms with Crippen LogP contribution in [0.5, 0.6) is 0 Å². The average Bonchev–Trinajstić information content (AvgIpc) is 3.23. The van der Waals surface area contributed by atoms with Crippen LogP contribution in [0.4, 0.5) is 0 Å². The molecule has 0 radical (unpaired) electrons. The summed E-state index contributed by atoms with van der Waals surface area (Å²) in [6.07, 6.45) is 0. The molecule has 1 atom stereocenters. The lowest BCUT2D eigenvalue weighted by Crippen LogP contribution is -2.00. The van der Waals surface area contributed by atoms with Gasteiger partial charge in [0, 0.05) is 21.9 Å². The maximum Gasteiger partial charge on any atom is 0.167 e. The molecule has 2 heterocycles. The van der Waals surface area contributed by atoms with E-state index in [1.807, 2.05) is 84.9 Å². The smallest absolute Gasteiger partial charge is 0.167 e. The molecule has 0 saturated heterocycles. The molecule has 6 rings (SSSR count). The first kappa shape index (κ1) is 18.9. The number of nitrogens with zero attached hydrogens (tertiary/aromatic N) is 3. The van der Waals surface area contributed by atoms with Crippen molar-refractivity contribution in [3.8, 4) is 34.2 Å². The summed E-state index contributed by atoms with van der Waals surface area (Å²) >= 11 is 0. The Morgan fingerprint density at radius 2 is 1.19 bits per heavy atom. The molecule has 0 N–H and O–H groups in total. The molecule has 4 aromatic carbocycles. The molecule has 32 heavy (non-hydrogen) atoms. The minimum Gasteiger partial charge on any atom is -0.455 e. The van der Waals surface area contributed by atoms with Crippen molar-refractivity contribution >= 4 is 36.5 Å². The van der Waals surface area contributed by atoms with Crippen molar-refractivity contribution in [3.63, 3.8) is 0 Å². The van der Waals surface area contributed by atoms with Crippen LogP contribution >= 0.6 is 9.24 Å². The van der Waals surface area contributed by atoms with E-state index >= 15 is 0 Å². The zero-order valence-electron chi connectivity index (χ0n) is 17.1. The van der Waals surface area contributed by atoms with Gasteiger partial charge in [-0.3, -0.25) is 0 Å². The Bertz CT molecular complexity index is 1520. The molecule has 0 spiro atoms. The van der Waals surface area contributed by atoms with Crippen LogP contribution in [0, 0.1) is 0 Å². The van der Waals surface area contributed by atoms with Crippen LogP contribution in [0.1, 0.15) is 0 Å². The predicted octanol–water partition coefficient (Wildman–Crippen LogP) is 6.27. The lowest BCUT2D eigenvalue weighted by Gasteiger charge is -2.08. The van der Waals surface area contributed by atoms with Gasteiger partial charge in [-0.05, 0) is 23.5 Å². The Hall–Kier alpha value is -3.88. The van der Waals surface area contributed by atoms with Crippen LogP contribution in [0.15, 0.2) is 101 Å². The molecule has 0 amide bonds. The van der Waals surface area contributed by atoms with E-state index in [4.69, 9.17) is 19.4 Å². The highest BCUT2D eigenvalue weighted by Crippen LogP contribution is 2.35. The summed E-state index contributed by atoms with van der Waals surface area (Å²) in [7, 11) is 2.74. The lowest BCUT2D eigenvalue weighted by atomic mass is 10.1. The van der Waals surface area contributed by atoms with Crippen molar-refractivity contribution in [1.82, 2.24) is 15.0 Å². The van der Waals surface area contributed by atoms with Crippen LogP contribution in [-0.2, 0) is 0 Å². The van der Waals surface area contributed by atoms with Gasteiger partial charge in [0.15, 0.2) is 17.5 Å². The van der Waals surface area contributed by atoms with Gasteiger partial charge in [0.25, 0.3) is 0 Å². The third kappa shape index (κ3) is 3.26. The number of para-hydroxylation sites is 1. The molecule has 1 unspecified atom stereocenters. The molecule has 0 fully saturated rings. The molecule has 2 aromatic heterocycles. The van der Waals surface area contributed by atoms with Gasteiger partial charge in [0.05, 0.1) is 5.56 Å². The number of hydrogen-bond donors (Lipinski definition) is 0. The molecule has 152 valence electrons. The third-order valence-electron chi connectivity index (χ3n) is 5.46. The van der Waals surface area contributed by atoms with Crippen LogP contribution in [0.2, 0.25) is 0 Å². The van der Waals surface area contributed by atoms with Gasteiger partial charge >= 0.3 is 0 Å². The summed E-state index contributed by atoms with van der Waals surface area (Å²) < 4.78 is 6.27. The molecular formula is C27H18N3OP. The monoisotopic (exact) mass is 431 g/mol. The Labute approximate surface area is 187 Å². The number of aromatic nitrogens is 3.